The Balaban J connectivity index is 1.71. The van der Waals surface area contributed by atoms with Crippen molar-refractivity contribution in [2.45, 2.75) is 24.2 Å². The predicted molar refractivity (Wildman–Crippen MR) is 79.0 cm³/mol. The fourth-order valence-corrected chi connectivity index (χ4v) is 4.50. The molecule has 2 saturated heterocycles. The molecule has 0 unspecified atom stereocenters. The van der Waals surface area contributed by atoms with Crippen LogP contribution < -0.4 is 0 Å². The molecular weight excluding hydrogens is 326 g/mol. The fraction of sp³-hybridized carbons (Fsp3) is 0.533. The molecule has 0 atom stereocenters. The van der Waals surface area contributed by atoms with Crippen LogP contribution in [0, 0.1) is 17.6 Å². The summed E-state index contributed by atoms with van der Waals surface area (Å²) in [6.07, 6.45) is 1.83. The second kappa shape index (κ2) is 6.16. The highest BCUT2D eigenvalue weighted by molar-refractivity contribution is 7.89. The second-order valence-electron chi connectivity index (χ2n) is 5.93. The summed E-state index contributed by atoms with van der Waals surface area (Å²) in [6.45, 7) is 1.82. The van der Waals surface area contributed by atoms with Gasteiger partial charge in [0.25, 0.3) is 0 Å². The lowest BCUT2D eigenvalue weighted by atomic mass is 9.95. The summed E-state index contributed by atoms with van der Waals surface area (Å²) >= 11 is 0. The molecule has 8 heteroatoms. The minimum absolute atomic E-state index is 0.0743. The van der Waals surface area contributed by atoms with E-state index in [1.54, 1.807) is 4.90 Å². The Kier molecular flexibility index (Phi) is 4.37. The number of piperidine rings is 1. The monoisotopic (exact) mass is 344 g/mol. The highest BCUT2D eigenvalue weighted by Gasteiger charge is 2.36. The maximum absolute atomic E-state index is 13.8. The van der Waals surface area contributed by atoms with Crippen molar-refractivity contribution in [2.75, 3.05) is 26.2 Å². The lowest BCUT2D eigenvalue weighted by Crippen LogP contribution is -2.48. The standard InChI is InChI=1S/C15H18F2N2O3S/c16-12-2-3-13(17)14(10-12)23(21,22)19-8-4-11(5-9-19)15(20)18-6-1-7-18/h2-3,10-11H,1,4-9H2. The number of benzene rings is 1. The Morgan fingerprint density at radius 3 is 2.30 bits per heavy atom. The molecule has 1 aromatic carbocycles. The highest BCUT2D eigenvalue weighted by atomic mass is 32.2. The number of carbonyl (C=O) groups excluding carboxylic acids is 1. The molecule has 5 nitrogen and oxygen atoms in total. The Labute approximate surface area is 133 Å². The van der Waals surface area contributed by atoms with Crippen molar-refractivity contribution in [2.24, 2.45) is 5.92 Å². The van der Waals surface area contributed by atoms with Gasteiger partial charge in [0, 0.05) is 32.1 Å². The van der Waals surface area contributed by atoms with Gasteiger partial charge in [-0.05, 0) is 37.5 Å². The van der Waals surface area contributed by atoms with Crippen LogP contribution in [0.4, 0.5) is 8.78 Å². The van der Waals surface area contributed by atoms with Crippen LogP contribution in [0.25, 0.3) is 0 Å². The van der Waals surface area contributed by atoms with E-state index >= 15 is 0 Å². The largest absolute Gasteiger partial charge is 0.342 e. The Hall–Kier alpha value is -1.54. The summed E-state index contributed by atoms with van der Waals surface area (Å²) in [5.74, 6) is -1.87. The van der Waals surface area contributed by atoms with E-state index in [0.717, 1.165) is 35.9 Å². The zero-order valence-corrected chi connectivity index (χ0v) is 13.4. The minimum atomic E-state index is -4.08. The number of nitrogens with zero attached hydrogens (tertiary/aromatic N) is 2. The Bertz CT molecular complexity index is 711. The van der Waals surface area contributed by atoms with Crippen molar-refractivity contribution >= 4 is 15.9 Å². The molecule has 3 rings (SSSR count). The molecule has 23 heavy (non-hydrogen) atoms. The first-order valence-electron chi connectivity index (χ1n) is 7.63. The molecule has 0 spiro atoms. The van der Waals surface area contributed by atoms with Crippen LogP contribution >= 0.6 is 0 Å². The molecule has 0 saturated carbocycles. The van der Waals surface area contributed by atoms with Crippen molar-refractivity contribution in [3.05, 3.63) is 29.8 Å². The van der Waals surface area contributed by atoms with Gasteiger partial charge in [0.15, 0.2) is 0 Å². The Morgan fingerprint density at radius 1 is 1.09 bits per heavy atom. The van der Waals surface area contributed by atoms with Gasteiger partial charge in [0.2, 0.25) is 15.9 Å². The van der Waals surface area contributed by atoms with E-state index in [0.29, 0.717) is 18.9 Å². The maximum atomic E-state index is 13.8. The number of carbonyl (C=O) groups is 1. The van der Waals surface area contributed by atoms with Crippen molar-refractivity contribution < 1.29 is 22.0 Å². The lowest BCUT2D eigenvalue weighted by Gasteiger charge is -2.37. The summed E-state index contributed by atoms with van der Waals surface area (Å²) in [5, 5.41) is 0. The third-order valence-corrected chi connectivity index (χ3v) is 6.40. The average Bonchev–Trinajstić information content (AvgIpc) is 2.48. The number of halogens is 2. The number of sulfonamides is 1. The number of rotatable bonds is 3. The minimum Gasteiger partial charge on any atom is -0.342 e. The van der Waals surface area contributed by atoms with Crippen LogP contribution in [-0.2, 0) is 14.8 Å². The van der Waals surface area contributed by atoms with Gasteiger partial charge in [-0.3, -0.25) is 4.79 Å². The van der Waals surface area contributed by atoms with Crippen LogP contribution in [0.5, 0.6) is 0 Å². The molecule has 0 radical (unpaired) electrons. The molecule has 0 aliphatic carbocycles. The molecule has 0 aromatic heterocycles. The molecule has 126 valence electrons. The second-order valence-corrected chi connectivity index (χ2v) is 7.84. The summed E-state index contributed by atoms with van der Waals surface area (Å²) in [6, 6.07) is 2.39. The van der Waals surface area contributed by atoms with Gasteiger partial charge in [-0.25, -0.2) is 17.2 Å². The normalized spacial score (nSPS) is 20.3. The predicted octanol–water partition coefficient (Wildman–Crippen LogP) is 1.60. The van der Waals surface area contributed by atoms with Crippen molar-refractivity contribution in [3.63, 3.8) is 0 Å². The zero-order chi connectivity index (χ0) is 16.6. The summed E-state index contributed by atoms with van der Waals surface area (Å²) in [7, 11) is -4.08. The molecule has 2 aliphatic rings. The maximum Gasteiger partial charge on any atom is 0.246 e. The smallest absolute Gasteiger partial charge is 0.246 e. The van der Waals surface area contributed by atoms with Gasteiger partial charge in [0.1, 0.15) is 16.5 Å². The van der Waals surface area contributed by atoms with Crippen molar-refractivity contribution in [1.82, 2.24) is 9.21 Å². The van der Waals surface area contributed by atoms with E-state index in [-0.39, 0.29) is 24.9 Å². The number of hydrogen-bond donors (Lipinski definition) is 0. The molecule has 1 aromatic rings. The van der Waals surface area contributed by atoms with Crippen LogP contribution in [-0.4, -0.2) is 49.7 Å². The number of hydrogen-bond acceptors (Lipinski definition) is 3. The van der Waals surface area contributed by atoms with E-state index in [1.807, 2.05) is 0 Å². The SMILES string of the molecule is O=C(C1CCN(S(=O)(=O)c2cc(F)ccc2F)CC1)N1CCC1. The first kappa shape index (κ1) is 16.3. The molecule has 1 amide bonds. The van der Waals surface area contributed by atoms with Crippen LogP contribution in [0.3, 0.4) is 0 Å². The first-order chi connectivity index (χ1) is 10.9. The van der Waals surface area contributed by atoms with Crippen molar-refractivity contribution in [1.29, 1.82) is 0 Å². The zero-order valence-electron chi connectivity index (χ0n) is 12.5. The van der Waals surface area contributed by atoms with Gasteiger partial charge < -0.3 is 4.90 Å². The summed E-state index contributed by atoms with van der Waals surface area (Å²) in [4.78, 5) is 13.3. The van der Waals surface area contributed by atoms with Gasteiger partial charge >= 0.3 is 0 Å². The lowest BCUT2D eigenvalue weighted by molar-refractivity contribution is -0.140. The van der Waals surface area contributed by atoms with Gasteiger partial charge in [-0.15, -0.1) is 0 Å². The van der Waals surface area contributed by atoms with Crippen LogP contribution in [0.15, 0.2) is 23.1 Å². The first-order valence-corrected chi connectivity index (χ1v) is 9.07. The van der Waals surface area contributed by atoms with E-state index in [9.17, 15) is 22.0 Å². The summed E-state index contributed by atoms with van der Waals surface area (Å²) < 4.78 is 53.1. The molecular formula is C15H18F2N2O3S. The van der Waals surface area contributed by atoms with E-state index in [2.05, 4.69) is 0 Å². The topological polar surface area (TPSA) is 57.7 Å². The van der Waals surface area contributed by atoms with Gasteiger partial charge in [-0.1, -0.05) is 0 Å². The fourth-order valence-electron chi connectivity index (χ4n) is 2.95. The third-order valence-electron chi connectivity index (χ3n) is 4.48. The summed E-state index contributed by atoms with van der Waals surface area (Å²) in [5.41, 5.74) is 0. The molecule has 2 aliphatic heterocycles. The quantitative estimate of drug-likeness (QED) is 0.837. The molecule has 2 fully saturated rings. The van der Waals surface area contributed by atoms with E-state index < -0.39 is 26.6 Å². The third kappa shape index (κ3) is 3.10. The molecule has 0 bridgehead atoms. The number of likely N-dealkylation sites (tertiary alicyclic amines) is 1. The van der Waals surface area contributed by atoms with E-state index in [4.69, 9.17) is 0 Å². The van der Waals surface area contributed by atoms with Crippen LogP contribution in [0.2, 0.25) is 0 Å². The van der Waals surface area contributed by atoms with Crippen molar-refractivity contribution in [3.8, 4) is 0 Å². The molecule has 2 heterocycles. The number of amides is 1. The van der Waals surface area contributed by atoms with E-state index in [1.165, 1.54) is 0 Å². The Morgan fingerprint density at radius 2 is 1.74 bits per heavy atom. The average molecular weight is 344 g/mol. The van der Waals surface area contributed by atoms with Crippen LogP contribution in [0.1, 0.15) is 19.3 Å². The highest BCUT2D eigenvalue weighted by Crippen LogP contribution is 2.27. The van der Waals surface area contributed by atoms with Gasteiger partial charge in [-0.2, -0.15) is 4.31 Å². The van der Waals surface area contributed by atoms with Gasteiger partial charge in [0.05, 0.1) is 0 Å². The molecule has 0 N–H and O–H groups in total.